The molecule has 6 nitrogen and oxygen atoms in total. The van der Waals surface area contributed by atoms with Gasteiger partial charge in [0.1, 0.15) is 0 Å². The van der Waals surface area contributed by atoms with Gasteiger partial charge >= 0.3 is 0 Å². The molecule has 0 radical (unpaired) electrons. The molecule has 25 heavy (non-hydrogen) atoms. The monoisotopic (exact) mass is 361 g/mol. The Morgan fingerprint density at radius 2 is 1.64 bits per heavy atom. The third-order valence-electron chi connectivity index (χ3n) is 4.13. The van der Waals surface area contributed by atoms with Gasteiger partial charge in [-0.2, -0.15) is 0 Å². The van der Waals surface area contributed by atoms with Gasteiger partial charge in [0.15, 0.2) is 0 Å². The quantitative estimate of drug-likeness (QED) is 0.649. The van der Waals surface area contributed by atoms with Gasteiger partial charge in [0.2, 0.25) is 5.91 Å². The molecule has 1 aliphatic heterocycles. The van der Waals surface area contributed by atoms with Crippen molar-refractivity contribution in [2.75, 3.05) is 23.3 Å². The number of nitrogens with one attached hydrogen (secondary N) is 1. The van der Waals surface area contributed by atoms with E-state index < -0.39 is 4.92 Å². The van der Waals surface area contributed by atoms with Crippen molar-refractivity contribution in [2.45, 2.75) is 19.3 Å². The molecule has 3 rings (SSSR count). The third kappa shape index (κ3) is 4.93. The van der Waals surface area contributed by atoms with Crippen LogP contribution in [-0.4, -0.2) is 23.9 Å². The van der Waals surface area contributed by atoms with Crippen LogP contribution in [0.25, 0.3) is 0 Å². The van der Waals surface area contributed by atoms with Gasteiger partial charge in [0.05, 0.1) is 11.3 Å². The average molecular weight is 362 g/mol. The lowest BCUT2D eigenvalue weighted by Crippen LogP contribution is -2.18. The van der Waals surface area contributed by atoms with Crippen LogP contribution in [0.1, 0.15) is 18.4 Å². The maximum Gasteiger partial charge on any atom is 0.269 e. The SMILES string of the molecule is Cl.O=C(Cc1ccc([N+](=O)[O-])cc1)Nc1ccc(N2CCCC2)cc1. The predicted molar refractivity (Wildman–Crippen MR) is 101 cm³/mol. The first-order chi connectivity index (χ1) is 11.6. The van der Waals surface area contributed by atoms with Crippen LogP contribution in [0.3, 0.4) is 0 Å². The zero-order valence-electron chi connectivity index (χ0n) is 13.7. The van der Waals surface area contributed by atoms with E-state index in [2.05, 4.69) is 10.2 Å². The summed E-state index contributed by atoms with van der Waals surface area (Å²) in [7, 11) is 0. The Labute approximate surface area is 152 Å². The summed E-state index contributed by atoms with van der Waals surface area (Å²) < 4.78 is 0. The van der Waals surface area contributed by atoms with Gasteiger partial charge in [0, 0.05) is 36.6 Å². The average Bonchev–Trinajstić information content (AvgIpc) is 3.10. The van der Waals surface area contributed by atoms with E-state index in [4.69, 9.17) is 0 Å². The van der Waals surface area contributed by atoms with Crippen molar-refractivity contribution in [2.24, 2.45) is 0 Å². The first kappa shape index (κ1) is 18.7. The standard InChI is InChI=1S/C18H19N3O3.ClH/c22-18(13-14-3-7-17(8-4-14)21(23)24)19-15-5-9-16(10-6-15)20-11-1-2-12-20;/h3-10H,1-2,11-13H2,(H,19,22);1H. The minimum atomic E-state index is -0.453. The minimum Gasteiger partial charge on any atom is -0.372 e. The summed E-state index contributed by atoms with van der Waals surface area (Å²) >= 11 is 0. The summed E-state index contributed by atoms with van der Waals surface area (Å²) in [5.74, 6) is -0.141. The maximum atomic E-state index is 12.1. The molecule has 1 fully saturated rings. The van der Waals surface area contributed by atoms with Gasteiger partial charge in [-0.25, -0.2) is 0 Å². The fraction of sp³-hybridized carbons (Fsp3) is 0.278. The van der Waals surface area contributed by atoms with Crippen molar-refractivity contribution in [3.8, 4) is 0 Å². The van der Waals surface area contributed by atoms with Crippen molar-refractivity contribution >= 4 is 35.4 Å². The van der Waals surface area contributed by atoms with E-state index in [9.17, 15) is 14.9 Å². The van der Waals surface area contributed by atoms with Crippen molar-refractivity contribution < 1.29 is 9.72 Å². The van der Waals surface area contributed by atoms with Gasteiger partial charge in [-0.3, -0.25) is 14.9 Å². The molecule has 1 aliphatic rings. The van der Waals surface area contributed by atoms with Gasteiger partial charge in [-0.15, -0.1) is 12.4 Å². The number of carbonyl (C=O) groups is 1. The number of nitro groups is 1. The zero-order chi connectivity index (χ0) is 16.9. The zero-order valence-corrected chi connectivity index (χ0v) is 14.5. The molecular formula is C18H20ClN3O3. The highest BCUT2D eigenvalue weighted by molar-refractivity contribution is 5.92. The number of non-ortho nitro benzene ring substituents is 1. The van der Waals surface area contributed by atoms with Gasteiger partial charge in [0.25, 0.3) is 5.69 Å². The lowest BCUT2D eigenvalue weighted by atomic mass is 10.1. The summed E-state index contributed by atoms with van der Waals surface area (Å²) in [5.41, 5.74) is 2.70. The Bertz CT molecular complexity index is 726. The third-order valence-corrected chi connectivity index (χ3v) is 4.13. The number of carbonyl (C=O) groups excluding carboxylic acids is 1. The number of amides is 1. The van der Waals surface area contributed by atoms with Gasteiger partial charge in [-0.1, -0.05) is 12.1 Å². The highest BCUT2D eigenvalue weighted by Crippen LogP contribution is 2.22. The fourth-order valence-corrected chi connectivity index (χ4v) is 2.86. The first-order valence-electron chi connectivity index (χ1n) is 8.00. The molecule has 1 amide bonds. The smallest absolute Gasteiger partial charge is 0.269 e. The van der Waals surface area contributed by atoms with E-state index in [-0.39, 0.29) is 30.4 Å². The molecule has 0 bridgehead atoms. The molecule has 1 saturated heterocycles. The number of nitro benzene ring substituents is 1. The molecule has 0 atom stereocenters. The van der Waals surface area contributed by atoms with Gasteiger partial charge < -0.3 is 10.2 Å². The molecule has 0 aromatic heterocycles. The topological polar surface area (TPSA) is 75.5 Å². The lowest BCUT2D eigenvalue weighted by Gasteiger charge is -2.17. The fourth-order valence-electron chi connectivity index (χ4n) is 2.86. The Hall–Kier alpha value is -2.60. The van der Waals surface area contributed by atoms with E-state index in [0.717, 1.165) is 24.3 Å². The summed E-state index contributed by atoms with van der Waals surface area (Å²) in [6.45, 7) is 2.18. The van der Waals surface area contributed by atoms with E-state index in [1.807, 2.05) is 24.3 Å². The summed E-state index contributed by atoms with van der Waals surface area (Å²) in [6, 6.07) is 13.9. The number of benzene rings is 2. The van der Waals surface area contributed by atoms with Crippen LogP contribution in [0.15, 0.2) is 48.5 Å². The number of anilines is 2. The number of halogens is 1. The Kier molecular flexibility index (Phi) is 6.36. The predicted octanol–water partition coefficient (Wildman–Crippen LogP) is 3.80. The number of nitrogens with zero attached hydrogens (tertiary/aromatic N) is 2. The molecule has 0 unspecified atom stereocenters. The van der Waals surface area contributed by atoms with Crippen molar-refractivity contribution in [1.82, 2.24) is 0 Å². The summed E-state index contributed by atoms with van der Waals surface area (Å²) in [4.78, 5) is 24.6. The van der Waals surface area contributed by atoms with Crippen LogP contribution in [-0.2, 0) is 11.2 Å². The van der Waals surface area contributed by atoms with E-state index >= 15 is 0 Å². The van der Waals surface area contributed by atoms with E-state index in [1.165, 1.54) is 30.7 Å². The van der Waals surface area contributed by atoms with Crippen LogP contribution in [0.2, 0.25) is 0 Å². The molecule has 0 spiro atoms. The highest BCUT2D eigenvalue weighted by Gasteiger charge is 2.12. The molecule has 1 heterocycles. The second-order valence-electron chi connectivity index (χ2n) is 5.89. The molecule has 0 saturated carbocycles. The number of hydrogen-bond donors (Lipinski definition) is 1. The van der Waals surface area contributed by atoms with Crippen molar-refractivity contribution in [3.63, 3.8) is 0 Å². The van der Waals surface area contributed by atoms with E-state index in [0.29, 0.717) is 0 Å². The summed E-state index contributed by atoms with van der Waals surface area (Å²) in [5, 5.41) is 13.5. The largest absolute Gasteiger partial charge is 0.372 e. The molecular weight excluding hydrogens is 342 g/mol. The molecule has 2 aromatic carbocycles. The van der Waals surface area contributed by atoms with Crippen molar-refractivity contribution in [3.05, 3.63) is 64.2 Å². The first-order valence-corrected chi connectivity index (χ1v) is 8.00. The highest BCUT2D eigenvalue weighted by atomic mass is 35.5. The number of hydrogen-bond acceptors (Lipinski definition) is 4. The molecule has 7 heteroatoms. The minimum absolute atomic E-state index is 0. The molecule has 0 aliphatic carbocycles. The molecule has 132 valence electrons. The van der Waals surface area contributed by atoms with Crippen LogP contribution in [0.5, 0.6) is 0 Å². The number of rotatable bonds is 5. The van der Waals surface area contributed by atoms with Crippen LogP contribution >= 0.6 is 12.4 Å². The van der Waals surface area contributed by atoms with Gasteiger partial charge in [-0.05, 0) is 42.7 Å². The molecule has 1 N–H and O–H groups in total. The summed E-state index contributed by atoms with van der Waals surface area (Å²) in [6.07, 6.45) is 2.65. The molecule has 2 aromatic rings. The second-order valence-corrected chi connectivity index (χ2v) is 5.89. The Morgan fingerprint density at radius 3 is 2.20 bits per heavy atom. The normalized spacial score (nSPS) is 13.2. The Morgan fingerprint density at radius 1 is 1.04 bits per heavy atom. The van der Waals surface area contributed by atoms with Crippen LogP contribution in [0, 0.1) is 10.1 Å². The van der Waals surface area contributed by atoms with Crippen LogP contribution in [0.4, 0.5) is 17.1 Å². The lowest BCUT2D eigenvalue weighted by molar-refractivity contribution is -0.384. The van der Waals surface area contributed by atoms with Crippen molar-refractivity contribution in [1.29, 1.82) is 0 Å². The Balaban J connectivity index is 0.00000225. The second kappa shape index (κ2) is 8.48. The maximum absolute atomic E-state index is 12.1. The van der Waals surface area contributed by atoms with E-state index in [1.54, 1.807) is 12.1 Å². The van der Waals surface area contributed by atoms with Crippen LogP contribution < -0.4 is 10.2 Å².